The lowest BCUT2D eigenvalue weighted by atomic mass is 10.1. The number of aliphatic imine (C=N–C) groups is 1. The van der Waals surface area contributed by atoms with Gasteiger partial charge in [-0.05, 0) is 43.2 Å². The summed E-state index contributed by atoms with van der Waals surface area (Å²) in [4.78, 5) is 28.9. The van der Waals surface area contributed by atoms with Crippen LogP contribution in [0.5, 0.6) is 0 Å². The minimum Gasteiger partial charge on any atom is -0.452 e. The van der Waals surface area contributed by atoms with Crippen LogP contribution in [0.25, 0.3) is 0 Å². The van der Waals surface area contributed by atoms with Gasteiger partial charge < -0.3 is 15.4 Å². The standard InChI is InChI=1S/C23H28N4O5S/c1-2-3-13-24-20-11-5-4-10-19(20)23(29)32-16-22(28)26-17-8-6-9-18(15-17)33(30,31)27-21-12-7-14-25-21/h4-6,8-11,15,24H,2-3,7,12-14,16H2,1H3,(H,25,27)(H,26,28). The van der Waals surface area contributed by atoms with Crippen molar-refractivity contribution in [1.82, 2.24) is 4.72 Å². The van der Waals surface area contributed by atoms with Gasteiger partial charge >= 0.3 is 5.97 Å². The highest BCUT2D eigenvalue weighted by molar-refractivity contribution is 7.90. The highest BCUT2D eigenvalue weighted by Gasteiger charge is 2.19. The molecule has 1 aliphatic rings. The summed E-state index contributed by atoms with van der Waals surface area (Å²) >= 11 is 0. The Balaban J connectivity index is 1.57. The molecule has 33 heavy (non-hydrogen) atoms. The molecule has 1 aliphatic heterocycles. The van der Waals surface area contributed by atoms with Gasteiger partial charge in [0.1, 0.15) is 5.84 Å². The molecule has 0 saturated heterocycles. The molecule has 0 fully saturated rings. The van der Waals surface area contributed by atoms with E-state index in [1.165, 1.54) is 18.2 Å². The molecule has 1 amide bonds. The van der Waals surface area contributed by atoms with Gasteiger partial charge in [0.05, 0.1) is 10.5 Å². The van der Waals surface area contributed by atoms with E-state index >= 15 is 0 Å². The molecule has 0 spiro atoms. The summed E-state index contributed by atoms with van der Waals surface area (Å²) in [6.45, 7) is 2.90. The fourth-order valence-electron chi connectivity index (χ4n) is 3.20. The van der Waals surface area contributed by atoms with Crippen LogP contribution < -0.4 is 15.4 Å². The third-order valence-corrected chi connectivity index (χ3v) is 6.26. The summed E-state index contributed by atoms with van der Waals surface area (Å²) in [7, 11) is -3.80. The Morgan fingerprint density at radius 1 is 1.12 bits per heavy atom. The fourth-order valence-corrected chi connectivity index (χ4v) is 4.33. The second kappa shape index (κ2) is 11.5. The molecule has 3 rings (SSSR count). The van der Waals surface area contributed by atoms with Crippen molar-refractivity contribution in [1.29, 1.82) is 0 Å². The molecule has 0 radical (unpaired) electrons. The first-order valence-corrected chi connectivity index (χ1v) is 12.3. The number of unbranched alkanes of at least 4 members (excludes halogenated alkanes) is 1. The summed E-state index contributed by atoms with van der Waals surface area (Å²) in [5.41, 5.74) is 1.26. The van der Waals surface area contributed by atoms with Crippen LogP contribution in [0.15, 0.2) is 58.4 Å². The van der Waals surface area contributed by atoms with Gasteiger partial charge in [-0.3, -0.25) is 14.5 Å². The number of hydrogen-bond acceptors (Lipinski definition) is 7. The molecule has 0 unspecified atom stereocenters. The monoisotopic (exact) mass is 472 g/mol. The van der Waals surface area contributed by atoms with E-state index in [0.29, 0.717) is 30.1 Å². The van der Waals surface area contributed by atoms with Crippen molar-refractivity contribution in [3.63, 3.8) is 0 Å². The lowest BCUT2D eigenvalue weighted by molar-refractivity contribution is -0.119. The third-order valence-electron chi connectivity index (χ3n) is 4.88. The van der Waals surface area contributed by atoms with Crippen LogP contribution >= 0.6 is 0 Å². The highest BCUT2D eigenvalue weighted by Crippen LogP contribution is 2.18. The second-order valence-corrected chi connectivity index (χ2v) is 9.20. The topological polar surface area (TPSA) is 126 Å². The molecular formula is C23H28N4O5S. The third kappa shape index (κ3) is 7.04. The van der Waals surface area contributed by atoms with E-state index in [4.69, 9.17) is 4.74 Å². The van der Waals surface area contributed by atoms with Gasteiger partial charge in [0, 0.05) is 30.9 Å². The van der Waals surface area contributed by atoms with E-state index < -0.39 is 28.5 Å². The fraction of sp³-hybridized carbons (Fsp3) is 0.348. The predicted octanol–water partition coefficient (Wildman–Crippen LogP) is 3.16. The molecular weight excluding hydrogens is 444 g/mol. The number of nitrogens with one attached hydrogen (secondary N) is 3. The Kier molecular flexibility index (Phi) is 8.42. The molecule has 0 bridgehead atoms. The zero-order valence-corrected chi connectivity index (χ0v) is 19.3. The predicted molar refractivity (Wildman–Crippen MR) is 127 cm³/mol. The van der Waals surface area contributed by atoms with Crippen LogP contribution in [0.2, 0.25) is 0 Å². The van der Waals surface area contributed by atoms with E-state index in [2.05, 4.69) is 27.3 Å². The van der Waals surface area contributed by atoms with Crippen molar-refractivity contribution in [2.45, 2.75) is 37.5 Å². The number of rotatable bonds is 10. The van der Waals surface area contributed by atoms with Crippen LogP contribution in [0.4, 0.5) is 11.4 Å². The maximum absolute atomic E-state index is 12.5. The summed E-state index contributed by atoms with van der Waals surface area (Å²) in [6.07, 6.45) is 3.38. The number of anilines is 2. The molecule has 1 heterocycles. The largest absolute Gasteiger partial charge is 0.452 e. The number of carbonyl (C=O) groups is 2. The first-order chi connectivity index (χ1) is 15.9. The normalized spacial score (nSPS) is 13.2. The molecule has 10 heteroatoms. The number of esters is 1. The van der Waals surface area contributed by atoms with Crippen LogP contribution in [-0.2, 0) is 19.6 Å². The van der Waals surface area contributed by atoms with Crippen LogP contribution in [0.1, 0.15) is 43.0 Å². The van der Waals surface area contributed by atoms with E-state index in [1.54, 1.807) is 24.3 Å². The number of amidine groups is 1. The Labute approximate surface area is 193 Å². The smallest absolute Gasteiger partial charge is 0.340 e. The summed E-state index contributed by atoms with van der Waals surface area (Å²) in [6, 6.07) is 12.8. The first-order valence-electron chi connectivity index (χ1n) is 10.8. The van der Waals surface area contributed by atoms with Crippen molar-refractivity contribution < 1.29 is 22.7 Å². The Morgan fingerprint density at radius 2 is 1.94 bits per heavy atom. The van der Waals surface area contributed by atoms with Crippen LogP contribution in [0.3, 0.4) is 0 Å². The number of hydrogen-bond donors (Lipinski definition) is 3. The molecule has 0 atom stereocenters. The van der Waals surface area contributed by atoms with Gasteiger partial charge in [0.15, 0.2) is 6.61 Å². The number of benzene rings is 2. The number of ether oxygens (including phenoxy) is 1. The lowest BCUT2D eigenvalue weighted by Gasteiger charge is -2.12. The van der Waals surface area contributed by atoms with Gasteiger partial charge in [-0.2, -0.15) is 0 Å². The minimum absolute atomic E-state index is 0.000948. The van der Waals surface area contributed by atoms with Crippen LogP contribution in [-0.4, -0.2) is 45.8 Å². The Bertz CT molecular complexity index is 1130. The van der Waals surface area contributed by atoms with Crippen molar-refractivity contribution in [2.75, 3.05) is 30.3 Å². The maximum atomic E-state index is 12.5. The molecule has 0 aliphatic carbocycles. The SMILES string of the molecule is CCCCNc1ccccc1C(=O)OCC(=O)Nc1cccc(S(=O)(=O)NC2=NCCC2)c1. The molecule has 2 aromatic rings. The second-order valence-electron chi connectivity index (χ2n) is 7.52. The molecule has 2 aromatic carbocycles. The molecule has 0 saturated carbocycles. The summed E-state index contributed by atoms with van der Waals surface area (Å²) in [5.74, 6) is -0.772. The average Bonchev–Trinajstić information content (AvgIpc) is 3.30. The lowest BCUT2D eigenvalue weighted by Crippen LogP contribution is -2.29. The minimum atomic E-state index is -3.80. The average molecular weight is 473 g/mol. The Hall–Kier alpha value is -3.40. The highest BCUT2D eigenvalue weighted by atomic mass is 32.2. The van der Waals surface area contributed by atoms with Gasteiger partial charge in [0.2, 0.25) is 0 Å². The van der Waals surface area contributed by atoms with E-state index in [1.807, 2.05) is 6.07 Å². The van der Waals surface area contributed by atoms with Crippen molar-refractivity contribution in [3.05, 3.63) is 54.1 Å². The van der Waals surface area contributed by atoms with E-state index in [-0.39, 0.29) is 10.6 Å². The first kappa shape index (κ1) is 24.2. The number of amides is 1. The molecule has 0 aromatic heterocycles. The summed E-state index contributed by atoms with van der Waals surface area (Å²) < 4.78 is 32.7. The number of para-hydroxylation sites is 1. The number of nitrogens with zero attached hydrogens (tertiary/aromatic N) is 1. The molecule has 3 N–H and O–H groups in total. The zero-order valence-electron chi connectivity index (χ0n) is 18.5. The van der Waals surface area contributed by atoms with Crippen molar-refractivity contribution in [2.24, 2.45) is 4.99 Å². The van der Waals surface area contributed by atoms with Gasteiger partial charge in [-0.1, -0.05) is 31.5 Å². The van der Waals surface area contributed by atoms with Crippen molar-refractivity contribution >= 4 is 39.1 Å². The molecule has 176 valence electrons. The molecule has 9 nitrogen and oxygen atoms in total. The number of sulfonamides is 1. The summed E-state index contributed by atoms with van der Waals surface area (Å²) in [5, 5.41) is 5.75. The van der Waals surface area contributed by atoms with E-state index in [9.17, 15) is 18.0 Å². The quantitative estimate of drug-likeness (QED) is 0.360. The Morgan fingerprint density at radius 3 is 2.70 bits per heavy atom. The maximum Gasteiger partial charge on any atom is 0.340 e. The van der Waals surface area contributed by atoms with Gasteiger partial charge in [0.25, 0.3) is 15.9 Å². The van der Waals surface area contributed by atoms with Gasteiger partial charge in [-0.15, -0.1) is 0 Å². The van der Waals surface area contributed by atoms with Crippen molar-refractivity contribution in [3.8, 4) is 0 Å². The van der Waals surface area contributed by atoms with Crippen LogP contribution in [0, 0.1) is 0 Å². The number of carbonyl (C=O) groups excluding carboxylic acids is 2. The zero-order chi connectivity index (χ0) is 23.7. The van der Waals surface area contributed by atoms with E-state index in [0.717, 1.165) is 25.8 Å². The van der Waals surface area contributed by atoms with Gasteiger partial charge in [-0.25, -0.2) is 13.2 Å².